The van der Waals surface area contributed by atoms with Crippen LogP contribution in [0.2, 0.25) is 0 Å². The van der Waals surface area contributed by atoms with Crippen molar-refractivity contribution in [3.05, 3.63) is 45.3 Å². The molecule has 3 aromatic rings. The molecule has 3 rings (SSSR count). The van der Waals surface area contributed by atoms with Crippen molar-refractivity contribution < 1.29 is 10.3 Å². The Bertz CT molecular complexity index is 613. The predicted molar refractivity (Wildman–Crippen MR) is 66.0 cm³/mol. The number of hydrogen-bond donors (Lipinski definition) is 2. The van der Waals surface area contributed by atoms with Gasteiger partial charge in [0.05, 0.1) is 16.5 Å². The highest BCUT2D eigenvalue weighted by atomic mass is 32.1. The van der Waals surface area contributed by atoms with E-state index in [0.717, 1.165) is 22.6 Å². The third-order valence-electron chi connectivity index (χ3n) is 2.06. The molecule has 2 heterocycles. The van der Waals surface area contributed by atoms with E-state index in [2.05, 4.69) is 15.0 Å². The van der Waals surface area contributed by atoms with Crippen LogP contribution >= 0.6 is 11.3 Å². The van der Waals surface area contributed by atoms with Crippen LogP contribution in [0.3, 0.4) is 0 Å². The average molecular weight is 264 g/mol. The molecule has 0 unspecified atom stereocenters. The molecule has 0 atom stereocenters. The number of aromatic nitrogens is 3. The summed E-state index contributed by atoms with van der Waals surface area (Å²) in [5.74, 6) is 0.840. The second-order valence-corrected chi connectivity index (χ2v) is 3.93. The number of nitrogens with zero attached hydrogens (tertiary/aromatic N) is 3. The molecule has 2 N–H and O–H groups in total. The minimum absolute atomic E-state index is 0.840. The number of fused-ring (bicyclic) bond motifs is 1. The van der Waals surface area contributed by atoms with E-state index in [1.165, 1.54) is 0 Å². The van der Waals surface area contributed by atoms with Crippen molar-refractivity contribution in [1.82, 2.24) is 15.0 Å². The first kappa shape index (κ1) is 12.0. The minimum atomic E-state index is -1.50. The van der Waals surface area contributed by atoms with Crippen molar-refractivity contribution in [2.45, 2.75) is 0 Å². The molecular weight excluding hydrogens is 256 g/mol. The van der Waals surface area contributed by atoms with Crippen LogP contribution < -0.4 is 0 Å². The van der Waals surface area contributed by atoms with Crippen molar-refractivity contribution in [1.29, 1.82) is 0 Å². The molecular formula is C10H8N4O3S. The largest absolute Gasteiger partial charge is 0.337 e. The molecule has 18 heavy (non-hydrogen) atoms. The summed E-state index contributed by atoms with van der Waals surface area (Å²) in [5, 5.41) is 15.6. The molecule has 0 radical (unpaired) electrons. The summed E-state index contributed by atoms with van der Waals surface area (Å²) < 4.78 is 0. The van der Waals surface area contributed by atoms with E-state index in [-0.39, 0.29) is 0 Å². The normalized spacial score (nSPS) is 9.78. The lowest BCUT2D eigenvalue weighted by Gasteiger charge is -1.84. The molecule has 0 aliphatic rings. The minimum Gasteiger partial charge on any atom is -0.337 e. The van der Waals surface area contributed by atoms with Gasteiger partial charge in [-0.2, -0.15) is 0 Å². The number of imidazole rings is 1. The maximum Gasteiger partial charge on any atom is 0.291 e. The Labute approximate surface area is 105 Å². The Morgan fingerprint density at radius 1 is 1.39 bits per heavy atom. The van der Waals surface area contributed by atoms with Gasteiger partial charge in [0, 0.05) is 5.38 Å². The van der Waals surface area contributed by atoms with Crippen LogP contribution in [-0.2, 0) is 0 Å². The third kappa shape index (κ3) is 2.80. The lowest BCUT2D eigenvalue weighted by molar-refractivity contribution is -0.742. The van der Waals surface area contributed by atoms with Gasteiger partial charge < -0.3 is 10.2 Å². The van der Waals surface area contributed by atoms with E-state index in [0.29, 0.717) is 0 Å². The summed E-state index contributed by atoms with van der Waals surface area (Å²) in [6, 6.07) is 7.97. The fraction of sp³-hybridized carbons (Fsp3) is 0. The molecule has 0 fully saturated rings. The summed E-state index contributed by atoms with van der Waals surface area (Å²) >= 11 is 1.57. The summed E-state index contributed by atoms with van der Waals surface area (Å²) in [6.45, 7) is 0. The Kier molecular flexibility index (Phi) is 3.49. The van der Waals surface area contributed by atoms with E-state index in [1.807, 2.05) is 35.2 Å². The maximum absolute atomic E-state index is 8.36. The van der Waals surface area contributed by atoms with Crippen LogP contribution in [0.1, 0.15) is 0 Å². The van der Waals surface area contributed by atoms with Gasteiger partial charge in [-0.05, 0) is 12.1 Å². The van der Waals surface area contributed by atoms with E-state index < -0.39 is 5.09 Å². The van der Waals surface area contributed by atoms with E-state index >= 15 is 0 Å². The highest BCUT2D eigenvalue weighted by Gasteiger charge is 2.05. The number of benzene rings is 1. The van der Waals surface area contributed by atoms with Gasteiger partial charge in [0.15, 0.2) is 5.82 Å². The number of nitrogens with one attached hydrogen (secondary N) is 1. The number of hydrogen-bond acceptors (Lipinski definition) is 5. The van der Waals surface area contributed by atoms with Gasteiger partial charge in [0.1, 0.15) is 5.69 Å². The van der Waals surface area contributed by atoms with Crippen LogP contribution in [0.4, 0.5) is 0 Å². The number of rotatable bonds is 1. The number of para-hydroxylation sites is 2. The fourth-order valence-electron chi connectivity index (χ4n) is 1.40. The molecule has 0 amide bonds. The summed E-state index contributed by atoms with van der Waals surface area (Å²) in [5.41, 5.74) is 4.75. The van der Waals surface area contributed by atoms with Crippen LogP contribution in [0.25, 0.3) is 22.6 Å². The zero-order valence-electron chi connectivity index (χ0n) is 8.98. The second kappa shape index (κ2) is 5.23. The van der Waals surface area contributed by atoms with Gasteiger partial charge in [0.2, 0.25) is 0 Å². The monoisotopic (exact) mass is 264 g/mol. The molecule has 0 spiro atoms. The van der Waals surface area contributed by atoms with Crippen LogP contribution in [-0.4, -0.2) is 25.2 Å². The lowest BCUT2D eigenvalue weighted by Crippen LogP contribution is -1.81. The van der Waals surface area contributed by atoms with Crippen molar-refractivity contribution in [2.75, 3.05) is 0 Å². The first-order chi connectivity index (χ1) is 8.66. The molecule has 8 heteroatoms. The predicted octanol–water partition coefficient (Wildman–Crippen LogP) is 2.34. The van der Waals surface area contributed by atoms with Gasteiger partial charge in [-0.15, -0.1) is 21.5 Å². The van der Waals surface area contributed by atoms with Crippen LogP contribution in [0.15, 0.2) is 35.2 Å². The van der Waals surface area contributed by atoms with Crippen molar-refractivity contribution in [2.24, 2.45) is 0 Å². The molecule has 92 valence electrons. The number of H-pyrrole nitrogens is 1. The Morgan fingerprint density at radius 3 is 2.72 bits per heavy atom. The van der Waals surface area contributed by atoms with E-state index in [1.54, 1.807) is 11.3 Å². The average Bonchev–Trinajstić information content (AvgIpc) is 2.97. The molecule has 0 saturated heterocycles. The van der Waals surface area contributed by atoms with E-state index in [4.69, 9.17) is 15.3 Å². The third-order valence-corrected chi connectivity index (χ3v) is 2.65. The molecule has 0 bridgehead atoms. The molecule has 2 aromatic heterocycles. The molecule has 1 aromatic carbocycles. The standard InChI is InChI=1S/C10H7N3S.HNO3/c1-2-4-8-7(3-1)12-10(13-8)9-5-14-6-11-9;2-1(3)4/h1-6H,(H,12,13);(H,2,3,4). The van der Waals surface area contributed by atoms with Gasteiger partial charge >= 0.3 is 0 Å². The van der Waals surface area contributed by atoms with Crippen molar-refractivity contribution in [3.8, 4) is 11.5 Å². The summed E-state index contributed by atoms with van der Waals surface area (Å²) in [7, 11) is 0. The van der Waals surface area contributed by atoms with E-state index in [9.17, 15) is 0 Å². The van der Waals surface area contributed by atoms with Crippen LogP contribution in [0, 0.1) is 10.1 Å². The van der Waals surface area contributed by atoms with Gasteiger partial charge in [-0.1, -0.05) is 12.1 Å². The second-order valence-electron chi connectivity index (χ2n) is 3.21. The zero-order valence-corrected chi connectivity index (χ0v) is 9.79. The van der Waals surface area contributed by atoms with Crippen molar-refractivity contribution in [3.63, 3.8) is 0 Å². The highest BCUT2D eigenvalue weighted by Crippen LogP contribution is 2.19. The number of thiazole rings is 1. The molecule has 0 aliphatic carbocycles. The topological polar surface area (TPSA) is 105 Å². The molecule has 0 saturated carbocycles. The molecule has 0 aliphatic heterocycles. The van der Waals surface area contributed by atoms with Gasteiger partial charge in [0.25, 0.3) is 5.09 Å². The number of aromatic amines is 1. The van der Waals surface area contributed by atoms with Gasteiger partial charge in [-0.3, -0.25) is 0 Å². The van der Waals surface area contributed by atoms with Crippen LogP contribution in [0.5, 0.6) is 0 Å². The highest BCUT2D eigenvalue weighted by molar-refractivity contribution is 7.07. The Hall–Kier alpha value is -2.48. The maximum atomic E-state index is 8.36. The smallest absolute Gasteiger partial charge is 0.291 e. The Balaban J connectivity index is 0.000000267. The summed E-state index contributed by atoms with van der Waals surface area (Å²) in [4.78, 5) is 20.2. The quantitative estimate of drug-likeness (QED) is 0.518. The fourth-order valence-corrected chi connectivity index (χ4v) is 1.94. The first-order valence-corrected chi connectivity index (χ1v) is 5.77. The van der Waals surface area contributed by atoms with Crippen molar-refractivity contribution >= 4 is 22.4 Å². The SMILES string of the molecule is O=[N+]([O-])O.c1ccc2[nH]c(-c3cscn3)nc2c1. The summed E-state index contributed by atoms with van der Waals surface area (Å²) in [6.07, 6.45) is 0. The first-order valence-electron chi connectivity index (χ1n) is 4.83. The van der Waals surface area contributed by atoms with Gasteiger partial charge in [-0.25, -0.2) is 9.97 Å². The zero-order chi connectivity index (χ0) is 13.0. The Morgan fingerprint density at radius 2 is 2.11 bits per heavy atom. The lowest BCUT2D eigenvalue weighted by atomic mass is 10.3. The molecule has 7 nitrogen and oxygen atoms in total.